The van der Waals surface area contributed by atoms with Crippen molar-refractivity contribution in [3.8, 4) is 0 Å². The molecule has 1 aliphatic heterocycles. The summed E-state index contributed by atoms with van der Waals surface area (Å²) in [6.45, 7) is 5.28. The molecule has 1 aliphatic rings. The molecule has 2 aromatic carbocycles. The molecular formula is C24H24N4O3S2. The average Bonchev–Trinajstić information content (AvgIpc) is 3.42. The molecular weight excluding hydrogens is 456 g/mol. The number of benzene rings is 2. The molecule has 0 aliphatic carbocycles. The Kier molecular flexibility index (Phi) is 5.77. The number of fused-ring (bicyclic) bond motifs is 2. The summed E-state index contributed by atoms with van der Waals surface area (Å²) in [5.74, 6) is -0.899. The molecule has 0 fully saturated rings. The monoisotopic (exact) mass is 480 g/mol. The second-order valence-electron chi connectivity index (χ2n) is 8.36. The maximum atomic E-state index is 11.7. The van der Waals surface area contributed by atoms with E-state index in [9.17, 15) is 15.0 Å². The lowest BCUT2D eigenvalue weighted by molar-refractivity contribution is 0.0690. The Morgan fingerprint density at radius 3 is 2.67 bits per heavy atom. The first-order chi connectivity index (χ1) is 15.9. The summed E-state index contributed by atoms with van der Waals surface area (Å²) < 4.78 is 1.06. The first-order valence-electron chi connectivity index (χ1n) is 10.8. The van der Waals surface area contributed by atoms with Crippen LogP contribution in [0.5, 0.6) is 0 Å². The molecule has 7 nitrogen and oxygen atoms in total. The number of carbonyl (C=O) groups is 1. The number of aliphatic hydroxyl groups excluding tert-OH is 1. The van der Waals surface area contributed by atoms with Crippen molar-refractivity contribution < 1.29 is 15.0 Å². The van der Waals surface area contributed by atoms with Crippen molar-refractivity contribution in [2.24, 2.45) is 0 Å². The second-order valence-corrected chi connectivity index (χ2v) is 10.4. The van der Waals surface area contributed by atoms with Gasteiger partial charge in [0.15, 0.2) is 22.2 Å². The fourth-order valence-electron chi connectivity index (χ4n) is 4.16. The zero-order valence-corrected chi connectivity index (χ0v) is 19.9. The maximum absolute atomic E-state index is 11.7. The van der Waals surface area contributed by atoms with Crippen LogP contribution < -0.4 is 10.2 Å². The highest BCUT2D eigenvalue weighted by Gasteiger charge is 2.27. The third-order valence-corrected chi connectivity index (χ3v) is 8.18. The van der Waals surface area contributed by atoms with E-state index in [1.165, 1.54) is 28.2 Å². The summed E-state index contributed by atoms with van der Waals surface area (Å²) in [6, 6.07) is 13.9. The Bertz CT molecular complexity index is 1300. The highest BCUT2D eigenvalue weighted by atomic mass is 32.1. The highest BCUT2D eigenvalue weighted by Crippen LogP contribution is 2.36. The molecule has 9 heteroatoms. The van der Waals surface area contributed by atoms with Crippen molar-refractivity contribution in [1.82, 2.24) is 9.97 Å². The van der Waals surface area contributed by atoms with E-state index in [1.54, 1.807) is 0 Å². The van der Waals surface area contributed by atoms with Crippen molar-refractivity contribution in [3.63, 3.8) is 0 Å². The van der Waals surface area contributed by atoms with Gasteiger partial charge < -0.3 is 20.4 Å². The van der Waals surface area contributed by atoms with Crippen LogP contribution in [-0.4, -0.2) is 32.7 Å². The molecule has 3 N–H and O–H groups in total. The van der Waals surface area contributed by atoms with Crippen LogP contribution in [0.15, 0.2) is 42.5 Å². The number of hydrogen-bond acceptors (Lipinski definition) is 8. The van der Waals surface area contributed by atoms with Gasteiger partial charge in [-0.15, -0.1) is 11.3 Å². The Balaban J connectivity index is 1.42. The zero-order valence-electron chi connectivity index (χ0n) is 18.3. The summed E-state index contributed by atoms with van der Waals surface area (Å²) in [5.41, 5.74) is 4.07. The third kappa shape index (κ3) is 4.19. The van der Waals surface area contributed by atoms with Crippen molar-refractivity contribution in [1.29, 1.82) is 0 Å². The van der Waals surface area contributed by atoms with Gasteiger partial charge in [0.2, 0.25) is 0 Å². The quantitative estimate of drug-likeness (QED) is 0.325. The van der Waals surface area contributed by atoms with Crippen LogP contribution in [0, 0.1) is 0 Å². The Hall–Kier alpha value is -3.01. The predicted octanol–water partition coefficient (Wildman–Crippen LogP) is 5.24. The first kappa shape index (κ1) is 21.8. The van der Waals surface area contributed by atoms with Crippen molar-refractivity contribution in [2.45, 2.75) is 39.0 Å². The van der Waals surface area contributed by atoms with Gasteiger partial charge in [-0.25, -0.2) is 14.8 Å². The van der Waals surface area contributed by atoms with E-state index in [4.69, 9.17) is 0 Å². The lowest BCUT2D eigenvalue weighted by Gasteiger charge is -2.31. The van der Waals surface area contributed by atoms with E-state index >= 15 is 0 Å². The molecule has 4 aromatic rings. The van der Waals surface area contributed by atoms with Gasteiger partial charge in [0.05, 0.1) is 10.2 Å². The molecule has 170 valence electrons. The van der Waals surface area contributed by atoms with Gasteiger partial charge in [0.1, 0.15) is 0 Å². The minimum Gasteiger partial charge on any atom is -0.476 e. The van der Waals surface area contributed by atoms with E-state index in [0.717, 1.165) is 39.2 Å². The van der Waals surface area contributed by atoms with E-state index in [-0.39, 0.29) is 11.6 Å². The van der Waals surface area contributed by atoms with Crippen LogP contribution in [0.4, 0.5) is 10.3 Å². The van der Waals surface area contributed by atoms with Crippen LogP contribution in [0.1, 0.15) is 58.0 Å². The highest BCUT2D eigenvalue weighted by molar-refractivity contribution is 7.22. The predicted molar refractivity (Wildman–Crippen MR) is 133 cm³/mol. The molecule has 0 saturated carbocycles. The number of thiazole rings is 2. The van der Waals surface area contributed by atoms with Gasteiger partial charge in [-0.2, -0.15) is 0 Å². The number of aromatic nitrogens is 2. The van der Waals surface area contributed by atoms with Crippen molar-refractivity contribution >= 4 is 49.1 Å². The Morgan fingerprint density at radius 2 is 1.94 bits per heavy atom. The number of nitrogens with zero attached hydrogens (tertiary/aromatic N) is 3. The van der Waals surface area contributed by atoms with E-state index in [2.05, 4.69) is 26.3 Å². The summed E-state index contributed by atoms with van der Waals surface area (Å²) >= 11 is 2.95. The van der Waals surface area contributed by atoms with Crippen molar-refractivity contribution in [2.75, 3.05) is 16.8 Å². The number of anilines is 2. The van der Waals surface area contributed by atoms with Crippen LogP contribution >= 0.6 is 22.7 Å². The lowest BCUT2D eigenvalue weighted by atomic mass is 9.94. The second kappa shape index (κ2) is 8.74. The molecule has 1 atom stereocenters. The zero-order chi connectivity index (χ0) is 23.1. The largest absolute Gasteiger partial charge is 0.476 e. The van der Waals surface area contributed by atoms with E-state index in [0.29, 0.717) is 16.8 Å². The SMILES string of the molecule is CC(C)c1sc(N2CCc3cccc(C(O)Nc4nc5ccccc5s4)c3C2)nc1C(=O)O. The number of carboxylic acids is 1. The van der Waals surface area contributed by atoms with Gasteiger partial charge in [0.25, 0.3) is 0 Å². The molecule has 1 unspecified atom stereocenters. The van der Waals surface area contributed by atoms with E-state index in [1.807, 2.05) is 50.2 Å². The number of carboxylic acid groups (broad SMARTS) is 1. The standard InChI is InChI=1S/C24H24N4O3S2/c1-13(2)20-19(22(30)31)26-24(33-20)28-11-10-14-6-5-7-15(16(14)12-28)21(29)27-23-25-17-8-3-4-9-18(17)32-23/h3-9,13,21,29H,10-12H2,1-2H3,(H,25,27)(H,30,31). The maximum Gasteiger partial charge on any atom is 0.355 e. The van der Waals surface area contributed by atoms with Crippen LogP contribution in [0.2, 0.25) is 0 Å². The lowest BCUT2D eigenvalue weighted by Crippen LogP contribution is -2.32. The minimum absolute atomic E-state index is 0.0924. The fourth-order valence-corrected chi connectivity index (χ4v) is 6.13. The average molecular weight is 481 g/mol. The van der Waals surface area contributed by atoms with Gasteiger partial charge in [-0.3, -0.25) is 0 Å². The van der Waals surface area contributed by atoms with E-state index < -0.39 is 12.2 Å². The van der Waals surface area contributed by atoms with Crippen LogP contribution in [0.3, 0.4) is 0 Å². The van der Waals surface area contributed by atoms with Gasteiger partial charge in [-0.05, 0) is 35.6 Å². The van der Waals surface area contributed by atoms with Crippen LogP contribution in [0.25, 0.3) is 10.2 Å². The normalized spacial score (nSPS) is 14.5. The molecule has 0 bridgehead atoms. The van der Waals surface area contributed by atoms with Crippen LogP contribution in [-0.2, 0) is 13.0 Å². The Morgan fingerprint density at radius 1 is 1.12 bits per heavy atom. The third-order valence-electron chi connectivity index (χ3n) is 5.80. The van der Waals surface area contributed by atoms with Gasteiger partial charge in [0, 0.05) is 23.5 Å². The topological polar surface area (TPSA) is 98.6 Å². The summed E-state index contributed by atoms with van der Waals surface area (Å²) in [7, 11) is 0. The molecule has 33 heavy (non-hydrogen) atoms. The number of aromatic carboxylic acids is 1. The number of nitrogens with one attached hydrogen (secondary N) is 1. The van der Waals surface area contributed by atoms with Gasteiger partial charge >= 0.3 is 5.97 Å². The molecule has 2 aromatic heterocycles. The smallest absolute Gasteiger partial charge is 0.355 e. The fraction of sp³-hybridized carbons (Fsp3) is 0.292. The molecule has 5 rings (SSSR count). The number of hydrogen-bond donors (Lipinski definition) is 3. The number of rotatable bonds is 6. The summed E-state index contributed by atoms with van der Waals surface area (Å²) in [5, 5.41) is 25.2. The molecule has 0 saturated heterocycles. The van der Waals surface area contributed by atoms with Gasteiger partial charge in [-0.1, -0.05) is 55.5 Å². The first-order valence-corrected chi connectivity index (χ1v) is 12.4. The molecule has 0 radical (unpaired) electrons. The summed E-state index contributed by atoms with van der Waals surface area (Å²) in [6.07, 6.45) is -0.103. The molecule has 0 amide bonds. The van der Waals surface area contributed by atoms with Crippen molar-refractivity contribution in [3.05, 3.63) is 69.7 Å². The number of aliphatic hydroxyl groups is 1. The minimum atomic E-state index is -0.991. The number of para-hydroxylation sites is 1. The summed E-state index contributed by atoms with van der Waals surface area (Å²) in [4.78, 5) is 23.6. The molecule has 0 spiro atoms. The molecule has 3 heterocycles. The Labute approximate surface area is 199 Å².